The zero-order valence-electron chi connectivity index (χ0n) is 10.1. The predicted octanol–water partition coefficient (Wildman–Crippen LogP) is 3.75. The molecule has 0 unspecified atom stereocenters. The van der Waals surface area contributed by atoms with Crippen LogP contribution in [0.5, 0.6) is 0 Å². The Morgan fingerprint density at radius 2 is 1.84 bits per heavy atom. The fourth-order valence-corrected chi connectivity index (χ4v) is 2.72. The normalized spacial score (nSPS) is 17.7. The summed E-state index contributed by atoms with van der Waals surface area (Å²) in [5.41, 5.74) is -0.733. The minimum absolute atomic E-state index is 0.236. The molecule has 0 radical (unpaired) electrons. The zero-order chi connectivity index (χ0) is 14.1. The quantitative estimate of drug-likeness (QED) is 0.837. The Bertz CT molecular complexity index is 460. The summed E-state index contributed by atoms with van der Waals surface area (Å²) >= 11 is 3.36. The highest BCUT2D eigenvalue weighted by molar-refractivity contribution is 9.09. The van der Waals surface area contributed by atoms with Gasteiger partial charge >= 0.3 is 6.18 Å². The molecule has 0 spiro atoms. The van der Waals surface area contributed by atoms with Gasteiger partial charge < -0.3 is 5.32 Å². The van der Waals surface area contributed by atoms with Crippen molar-refractivity contribution < 1.29 is 18.0 Å². The molecule has 1 fully saturated rings. The van der Waals surface area contributed by atoms with Gasteiger partial charge in [-0.1, -0.05) is 15.9 Å². The first-order chi connectivity index (χ1) is 8.86. The third-order valence-electron chi connectivity index (χ3n) is 3.42. The molecule has 1 aromatic rings. The van der Waals surface area contributed by atoms with Crippen LogP contribution in [-0.2, 0) is 6.18 Å². The Morgan fingerprint density at radius 3 is 2.21 bits per heavy atom. The van der Waals surface area contributed by atoms with Crippen LogP contribution in [0.2, 0.25) is 0 Å². The lowest BCUT2D eigenvalue weighted by Crippen LogP contribution is -2.54. The van der Waals surface area contributed by atoms with E-state index in [9.17, 15) is 18.0 Å². The summed E-state index contributed by atoms with van der Waals surface area (Å²) in [4.78, 5) is 12.0. The number of rotatable bonds is 3. The SMILES string of the molecule is O=C(NC1(CBr)CCC1)c1ccc(C(F)(F)F)cc1. The molecule has 6 heteroatoms. The summed E-state index contributed by atoms with van der Waals surface area (Å²) in [6, 6.07) is 4.27. The Balaban J connectivity index is 2.08. The molecule has 0 atom stereocenters. The van der Waals surface area contributed by atoms with Crippen LogP contribution in [0, 0.1) is 0 Å². The Hall–Kier alpha value is -1.04. The van der Waals surface area contributed by atoms with Crippen LogP contribution in [0.15, 0.2) is 24.3 Å². The largest absolute Gasteiger partial charge is 0.416 e. The second-order valence-electron chi connectivity index (χ2n) is 4.80. The van der Waals surface area contributed by atoms with Crippen molar-refractivity contribution in [3.8, 4) is 0 Å². The van der Waals surface area contributed by atoms with Crippen LogP contribution in [0.25, 0.3) is 0 Å². The molecule has 104 valence electrons. The maximum absolute atomic E-state index is 12.4. The van der Waals surface area contributed by atoms with E-state index in [1.54, 1.807) is 0 Å². The van der Waals surface area contributed by atoms with Crippen LogP contribution >= 0.6 is 15.9 Å². The van der Waals surface area contributed by atoms with Crippen molar-refractivity contribution in [1.82, 2.24) is 5.32 Å². The summed E-state index contributed by atoms with van der Waals surface area (Å²) in [5.74, 6) is -0.326. The highest BCUT2D eigenvalue weighted by Gasteiger charge is 2.37. The molecule has 1 aliphatic rings. The van der Waals surface area contributed by atoms with Gasteiger partial charge in [-0.25, -0.2) is 0 Å². The number of hydrogen-bond donors (Lipinski definition) is 1. The van der Waals surface area contributed by atoms with E-state index in [1.165, 1.54) is 12.1 Å². The third kappa shape index (κ3) is 3.11. The molecule has 2 rings (SSSR count). The first-order valence-corrected chi connectivity index (χ1v) is 7.04. The topological polar surface area (TPSA) is 29.1 Å². The highest BCUT2D eigenvalue weighted by atomic mass is 79.9. The van der Waals surface area contributed by atoms with Gasteiger partial charge in [-0.3, -0.25) is 4.79 Å². The van der Waals surface area contributed by atoms with Gasteiger partial charge in [0.1, 0.15) is 0 Å². The fourth-order valence-electron chi connectivity index (χ4n) is 2.02. The summed E-state index contributed by atoms with van der Waals surface area (Å²) in [6.45, 7) is 0. The molecule has 1 amide bonds. The second kappa shape index (κ2) is 5.15. The predicted molar refractivity (Wildman–Crippen MR) is 69.3 cm³/mol. The van der Waals surface area contributed by atoms with Gasteiger partial charge in [-0.15, -0.1) is 0 Å². The highest BCUT2D eigenvalue weighted by Crippen LogP contribution is 2.34. The number of alkyl halides is 4. The van der Waals surface area contributed by atoms with E-state index in [1.807, 2.05) is 0 Å². The van der Waals surface area contributed by atoms with Crippen molar-refractivity contribution in [2.75, 3.05) is 5.33 Å². The molecular weight excluding hydrogens is 323 g/mol. The van der Waals surface area contributed by atoms with Crippen molar-refractivity contribution in [2.45, 2.75) is 31.0 Å². The monoisotopic (exact) mass is 335 g/mol. The number of carbonyl (C=O) groups excluding carboxylic acids is 1. The van der Waals surface area contributed by atoms with Crippen LogP contribution in [0.3, 0.4) is 0 Å². The molecule has 0 bridgehead atoms. The van der Waals surface area contributed by atoms with Gasteiger partial charge in [0.15, 0.2) is 0 Å². The summed E-state index contributed by atoms with van der Waals surface area (Å²) < 4.78 is 37.2. The molecular formula is C13H13BrF3NO. The second-order valence-corrected chi connectivity index (χ2v) is 5.36. The van der Waals surface area contributed by atoms with Crippen molar-refractivity contribution in [3.05, 3.63) is 35.4 Å². The number of amides is 1. The van der Waals surface area contributed by atoms with E-state index in [0.29, 0.717) is 5.33 Å². The summed E-state index contributed by atoms with van der Waals surface area (Å²) in [6.07, 6.45) is -1.53. The third-order valence-corrected chi connectivity index (χ3v) is 4.49. The fraction of sp³-hybridized carbons (Fsp3) is 0.462. The van der Waals surface area contributed by atoms with Gasteiger partial charge in [0.05, 0.1) is 11.1 Å². The van der Waals surface area contributed by atoms with E-state index in [-0.39, 0.29) is 17.0 Å². The Kier molecular flexibility index (Phi) is 3.90. The van der Waals surface area contributed by atoms with Crippen LogP contribution in [0.1, 0.15) is 35.2 Å². The maximum Gasteiger partial charge on any atom is 0.416 e. The molecule has 0 heterocycles. The van der Waals surface area contributed by atoms with E-state index in [4.69, 9.17) is 0 Å². The molecule has 0 aromatic heterocycles. The molecule has 1 aliphatic carbocycles. The van der Waals surface area contributed by atoms with Gasteiger partial charge in [-0.2, -0.15) is 13.2 Å². The first kappa shape index (κ1) is 14.4. The van der Waals surface area contributed by atoms with Crippen LogP contribution < -0.4 is 5.32 Å². The van der Waals surface area contributed by atoms with E-state index < -0.39 is 11.7 Å². The van der Waals surface area contributed by atoms with E-state index in [2.05, 4.69) is 21.2 Å². The number of carbonyl (C=O) groups is 1. The summed E-state index contributed by atoms with van der Waals surface area (Å²) in [5, 5.41) is 3.55. The average molecular weight is 336 g/mol. The van der Waals surface area contributed by atoms with Gasteiger partial charge in [-0.05, 0) is 43.5 Å². The lowest BCUT2D eigenvalue weighted by Gasteiger charge is -2.41. The van der Waals surface area contributed by atoms with Crippen molar-refractivity contribution in [2.24, 2.45) is 0 Å². The van der Waals surface area contributed by atoms with E-state index in [0.717, 1.165) is 31.4 Å². The lowest BCUT2D eigenvalue weighted by molar-refractivity contribution is -0.137. The standard InChI is InChI=1S/C13H13BrF3NO/c14-8-12(6-1-7-12)18-11(19)9-2-4-10(5-3-9)13(15,16)17/h2-5H,1,6-8H2,(H,18,19). The van der Waals surface area contributed by atoms with Gasteiger partial charge in [0.25, 0.3) is 5.91 Å². The molecule has 19 heavy (non-hydrogen) atoms. The number of hydrogen-bond acceptors (Lipinski definition) is 1. The average Bonchev–Trinajstić information content (AvgIpc) is 2.32. The molecule has 1 N–H and O–H groups in total. The zero-order valence-corrected chi connectivity index (χ0v) is 11.6. The van der Waals surface area contributed by atoms with Crippen LogP contribution in [0.4, 0.5) is 13.2 Å². The molecule has 0 aliphatic heterocycles. The molecule has 1 saturated carbocycles. The summed E-state index contributed by atoms with van der Waals surface area (Å²) in [7, 11) is 0. The Labute approximate surface area is 117 Å². The lowest BCUT2D eigenvalue weighted by atomic mass is 9.78. The van der Waals surface area contributed by atoms with Crippen molar-refractivity contribution >= 4 is 21.8 Å². The van der Waals surface area contributed by atoms with Crippen LogP contribution in [-0.4, -0.2) is 16.8 Å². The Morgan fingerprint density at radius 1 is 1.26 bits per heavy atom. The minimum Gasteiger partial charge on any atom is -0.346 e. The maximum atomic E-state index is 12.4. The molecule has 0 saturated heterocycles. The molecule has 2 nitrogen and oxygen atoms in total. The first-order valence-electron chi connectivity index (χ1n) is 5.92. The number of halogens is 4. The smallest absolute Gasteiger partial charge is 0.346 e. The number of benzene rings is 1. The van der Waals surface area contributed by atoms with Gasteiger partial charge in [0.2, 0.25) is 0 Å². The van der Waals surface area contributed by atoms with Crippen molar-refractivity contribution in [3.63, 3.8) is 0 Å². The van der Waals surface area contributed by atoms with E-state index >= 15 is 0 Å². The van der Waals surface area contributed by atoms with Crippen molar-refractivity contribution in [1.29, 1.82) is 0 Å². The number of nitrogens with one attached hydrogen (secondary N) is 1. The minimum atomic E-state index is -4.37. The molecule has 1 aromatic carbocycles. The van der Waals surface area contributed by atoms with Gasteiger partial charge in [0, 0.05) is 10.9 Å².